The Morgan fingerprint density at radius 1 is 1.15 bits per heavy atom. The molecule has 0 N–H and O–H groups in total. The summed E-state index contributed by atoms with van der Waals surface area (Å²) in [5, 5.41) is 1.05. The molecule has 176 valence electrons. The summed E-state index contributed by atoms with van der Waals surface area (Å²) in [4.78, 5) is 19.0. The highest BCUT2D eigenvalue weighted by molar-refractivity contribution is 6.42. The SMILES string of the molecule is CC(C)(C)OC(=O)N1CCC[C@@H](COc2nc3ccccc3n2Cc2ccc(Cl)c(Cl)c2)C1. The first kappa shape index (κ1) is 23.7. The molecule has 1 aliphatic heterocycles. The van der Waals surface area contributed by atoms with E-state index in [4.69, 9.17) is 37.7 Å². The molecule has 2 aromatic carbocycles. The van der Waals surface area contributed by atoms with Crippen LogP contribution < -0.4 is 4.74 Å². The summed E-state index contributed by atoms with van der Waals surface area (Å²) in [6.45, 7) is 8.00. The molecule has 0 spiro atoms. The highest BCUT2D eigenvalue weighted by atomic mass is 35.5. The zero-order valence-electron chi connectivity index (χ0n) is 19.2. The average molecular weight is 490 g/mol. The molecule has 0 bridgehead atoms. The smallest absolute Gasteiger partial charge is 0.410 e. The second-order valence-electron chi connectivity index (χ2n) is 9.46. The Bertz CT molecular complexity index is 1140. The van der Waals surface area contributed by atoms with Crippen LogP contribution >= 0.6 is 23.2 Å². The number of amides is 1. The van der Waals surface area contributed by atoms with Crippen molar-refractivity contribution in [3.63, 3.8) is 0 Å². The number of aromatic nitrogens is 2. The van der Waals surface area contributed by atoms with E-state index in [2.05, 4.69) is 0 Å². The number of rotatable bonds is 5. The maximum atomic E-state index is 12.5. The van der Waals surface area contributed by atoms with Crippen LogP contribution in [0.15, 0.2) is 42.5 Å². The van der Waals surface area contributed by atoms with E-state index in [0.29, 0.717) is 42.3 Å². The summed E-state index contributed by atoms with van der Waals surface area (Å²) < 4.78 is 13.8. The van der Waals surface area contributed by atoms with Gasteiger partial charge in [0.25, 0.3) is 6.01 Å². The Labute approximate surface area is 204 Å². The summed E-state index contributed by atoms with van der Waals surface area (Å²) in [7, 11) is 0. The van der Waals surface area contributed by atoms with Gasteiger partial charge in [-0.15, -0.1) is 0 Å². The molecular formula is C25H29Cl2N3O3. The van der Waals surface area contributed by atoms with Gasteiger partial charge < -0.3 is 14.4 Å². The number of hydrogen-bond donors (Lipinski definition) is 0. The van der Waals surface area contributed by atoms with Crippen molar-refractivity contribution in [2.24, 2.45) is 5.92 Å². The van der Waals surface area contributed by atoms with Crippen molar-refractivity contribution in [3.8, 4) is 6.01 Å². The number of imidazole rings is 1. The number of para-hydroxylation sites is 2. The molecule has 3 aromatic rings. The fourth-order valence-electron chi connectivity index (χ4n) is 4.02. The lowest BCUT2D eigenvalue weighted by atomic mass is 9.99. The minimum atomic E-state index is -0.504. The maximum absolute atomic E-state index is 12.5. The number of ether oxygens (including phenoxy) is 2. The monoisotopic (exact) mass is 489 g/mol. The minimum Gasteiger partial charge on any atom is -0.464 e. The van der Waals surface area contributed by atoms with Gasteiger partial charge in [-0.2, -0.15) is 4.98 Å². The zero-order valence-corrected chi connectivity index (χ0v) is 20.7. The molecule has 0 aliphatic carbocycles. The largest absolute Gasteiger partial charge is 0.464 e. The van der Waals surface area contributed by atoms with Gasteiger partial charge in [-0.25, -0.2) is 4.79 Å². The number of piperidine rings is 1. The highest BCUT2D eigenvalue weighted by Gasteiger charge is 2.28. The number of likely N-dealkylation sites (tertiary alicyclic amines) is 1. The van der Waals surface area contributed by atoms with Crippen LogP contribution in [0.3, 0.4) is 0 Å². The lowest BCUT2D eigenvalue weighted by molar-refractivity contribution is 0.0136. The first-order valence-electron chi connectivity index (χ1n) is 11.2. The summed E-state index contributed by atoms with van der Waals surface area (Å²) in [5.74, 6) is 0.213. The van der Waals surface area contributed by atoms with Crippen LogP contribution in [-0.2, 0) is 11.3 Å². The van der Waals surface area contributed by atoms with Gasteiger partial charge in [-0.3, -0.25) is 4.57 Å². The molecular weight excluding hydrogens is 461 g/mol. The van der Waals surface area contributed by atoms with Gasteiger partial charge in [-0.1, -0.05) is 41.4 Å². The zero-order chi connectivity index (χ0) is 23.6. The number of fused-ring (bicyclic) bond motifs is 1. The van der Waals surface area contributed by atoms with Crippen LogP contribution in [0, 0.1) is 5.92 Å². The van der Waals surface area contributed by atoms with Crippen molar-refractivity contribution in [2.75, 3.05) is 19.7 Å². The lowest BCUT2D eigenvalue weighted by Crippen LogP contribution is -2.44. The minimum absolute atomic E-state index is 0.213. The molecule has 0 saturated carbocycles. The first-order chi connectivity index (χ1) is 15.7. The van der Waals surface area contributed by atoms with Crippen molar-refractivity contribution in [2.45, 2.75) is 45.8 Å². The van der Waals surface area contributed by atoms with Crippen LogP contribution in [0.5, 0.6) is 6.01 Å². The van der Waals surface area contributed by atoms with Gasteiger partial charge in [0.05, 0.1) is 34.2 Å². The molecule has 8 heteroatoms. The summed E-state index contributed by atoms with van der Waals surface area (Å²) in [5.41, 5.74) is 2.35. The van der Waals surface area contributed by atoms with Crippen LogP contribution in [0.1, 0.15) is 39.2 Å². The van der Waals surface area contributed by atoms with Crippen molar-refractivity contribution in [1.82, 2.24) is 14.5 Å². The third kappa shape index (κ3) is 5.92. The van der Waals surface area contributed by atoms with Gasteiger partial charge in [0.1, 0.15) is 5.60 Å². The number of carbonyl (C=O) groups excluding carboxylic acids is 1. The number of carbonyl (C=O) groups is 1. The normalized spacial score (nSPS) is 16.8. The molecule has 1 fully saturated rings. The Morgan fingerprint density at radius 3 is 2.70 bits per heavy atom. The maximum Gasteiger partial charge on any atom is 0.410 e. The Hall–Kier alpha value is -2.44. The number of benzene rings is 2. The standard InChI is InChI=1S/C25H29Cl2N3O3/c1-25(2,3)33-24(31)29-12-6-7-18(14-29)16-32-23-28-21-8-4-5-9-22(21)30(23)15-17-10-11-19(26)20(27)13-17/h4-5,8-11,13,18H,6-7,12,14-16H2,1-3H3/t18-/m1/s1. The average Bonchev–Trinajstić information content (AvgIpc) is 3.11. The molecule has 33 heavy (non-hydrogen) atoms. The molecule has 6 nitrogen and oxygen atoms in total. The second kappa shape index (κ2) is 9.82. The van der Waals surface area contributed by atoms with E-state index >= 15 is 0 Å². The predicted octanol–water partition coefficient (Wildman–Crippen LogP) is 6.42. The fraction of sp³-hybridized carbons (Fsp3) is 0.440. The molecule has 0 unspecified atom stereocenters. The summed E-state index contributed by atoms with van der Waals surface area (Å²) >= 11 is 12.3. The van der Waals surface area contributed by atoms with E-state index < -0.39 is 5.60 Å². The molecule has 4 rings (SSSR count). The van der Waals surface area contributed by atoms with Crippen LogP contribution in [0.4, 0.5) is 4.79 Å². The van der Waals surface area contributed by atoms with E-state index in [1.54, 1.807) is 11.0 Å². The van der Waals surface area contributed by atoms with Crippen molar-refractivity contribution < 1.29 is 14.3 Å². The topological polar surface area (TPSA) is 56.6 Å². The third-order valence-electron chi connectivity index (χ3n) is 5.56. The van der Waals surface area contributed by atoms with E-state index in [1.165, 1.54) is 0 Å². The second-order valence-corrected chi connectivity index (χ2v) is 10.3. The highest BCUT2D eigenvalue weighted by Crippen LogP contribution is 2.27. The Kier molecular flexibility index (Phi) is 7.05. The summed E-state index contributed by atoms with van der Waals surface area (Å²) in [6, 6.07) is 14.1. The lowest BCUT2D eigenvalue weighted by Gasteiger charge is -2.33. The molecule has 0 radical (unpaired) electrons. The number of nitrogens with zero attached hydrogens (tertiary/aromatic N) is 3. The molecule has 1 saturated heterocycles. The number of hydrogen-bond acceptors (Lipinski definition) is 4. The van der Waals surface area contributed by atoms with Gasteiger partial charge >= 0.3 is 6.09 Å². The van der Waals surface area contributed by atoms with Crippen LogP contribution in [0.25, 0.3) is 11.0 Å². The third-order valence-corrected chi connectivity index (χ3v) is 6.30. The van der Waals surface area contributed by atoms with E-state index in [1.807, 2.05) is 61.7 Å². The number of halogens is 2. The fourth-order valence-corrected chi connectivity index (χ4v) is 4.34. The van der Waals surface area contributed by atoms with Crippen molar-refractivity contribution in [3.05, 3.63) is 58.1 Å². The molecule has 1 amide bonds. The quantitative estimate of drug-likeness (QED) is 0.414. The first-order valence-corrected chi connectivity index (χ1v) is 11.9. The van der Waals surface area contributed by atoms with E-state index in [-0.39, 0.29) is 12.0 Å². The summed E-state index contributed by atoms with van der Waals surface area (Å²) in [6.07, 6.45) is 1.65. The van der Waals surface area contributed by atoms with Crippen molar-refractivity contribution >= 4 is 40.3 Å². The Balaban J connectivity index is 1.49. The Morgan fingerprint density at radius 2 is 1.94 bits per heavy atom. The van der Waals surface area contributed by atoms with Crippen LogP contribution in [-0.4, -0.2) is 45.8 Å². The van der Waals surface area contributed by atoms with Gasteiger partial charge in [0.15, 0.2) is 0 Å². The van der Waals surface area contributed by atoms with Crippen molar-refractivity contribution in [1.29, 1.82) is 0 Å². The molecule has 1 aromatic heterocycles. The van der Waals surface area contributed by atoms with Gasteiger partial charge in [0.2, 0.25) is 0 Å². The van der Waals surface area contributed by atoms with E-state index in [0.717, 1.165) is 29.4 Å². The molecule has 1 atom stereocenters. The van der Waals surface area contributed by atoms with E-state index in [9.17, 15) is 4.79 Å². The molecule has 1 aliphatic rings. The predicted molar refractivity (Wildman–Crippen MR) is 131 cm³/mol. The molecule has 2 heterocycles. The van der Waals surface area contributed by atoms with Gasteiger partial charge in [0, 0.05) is 19.0 Å². The van der Waals surface area contributed by atoms with Crippen LogP contribution in [0.2, 0.25) is 10.0 Å². The van der Waals surface area contributed by atoms with Gasteiger partial charge in [-0.05, 0) is 63.4 Å².